The van der Waals surface area contributed by atoms with Gasteiger partial charge >= 0.3 is 0 Å². The molecule has 0 aromatic rings. The topological polar surface area (TPSA) is 128 Å². The van der Waals surface area contributed by atoms with Crippen molar-refractivity contribution in [2.24, 2.45) is 5.11 Å². The van der Waals surface area contributed by atoms with Crippen molar-refractivity contribution >= 4 is 0 Å². The van der Waals surface area contributed by atoms with E-state index in [4.69, 9.17) is 15.0 Å². The molecule has 0 saturated carbocycles. The third-order valence-electron chi connectivity index (χ3n) is 2.40. The first kappa shape index (κ1) is 14.2. The van der Waals surface area contributed by atoms with Gasteiger partial charge in [0.15, 0.2) is 6.29 Å². The molecule has 8 nitrogen and oxygen atoms in total. The minimum Gasteiger partial charge on any atom is -0.388 e. The van der Waals surface area contributed by atoms with Crippen molar-refractivity contribution in [3.05, 3.63) is 10.4 Å². The fourth-order valence-corrected chi connectivity index (χ4v) is 1.57. The highest BCUT2D eigenvalue weighted by Crippen LogP contribution is 2.23. The maximum atomic E-state index is 9.64. The van der Waals surface area contributed by atoms with Crippen LogP contribution in [0.25, 0.3) is 10.4 Å². The molecule has 98 valence electrons. The second-order valence-electron chi connectivity index (χ2n) is 4.11. The fraction of sp³-hybridized carbons (Fsp3) is 1.00. The monoisotopic (exact) mass is 247 g/mol. The number of hydrogen-bond donors (Lipinski definition) is 3. The van der Waals surface area contributed by atoms with Crippen molar-refractivity contribution in [2.75, 3.05) is 6.54 Å². The molecule has 1 aliphatic heterocycles. The molecular formula is C9H17N3O5. The van der Waals surface area contributed by atoms with Crippen LogP contribution in [0.5, 0.6) is 0 Å². The Morgan fingerprint density at radius 3 is 2.47 bits per heavy atom. The summed E-state index contributed by atoms with van der Waals surface area (Å²) in [7, 11) is 0. The Balaban J connectivity index is 2.71. The maximum Gasteiger partial charge on any atom is 0.186 e. The molecule has 3 N–H and O–H groups in total. The lowest BCUT2D eigenvalue weighted by molar-refractivity contribution is -0.302. The van der Waals surface area contributed by atoms with Gasteiger partial charge in [0.05, 0.1) is 18.8 Å². The van der Waals surface area contributed by atoms with Crippen LogP contribution in [-0.4, -0.2) is 58.7 Å². The molecule has 3 unspecified atom stereocenters. The van der Waals surface area contributed by atoms with Gasteiger partial charge in [-0.2, -0.15) is 0 Å². The van der Waals surface area contributed by atoms with Gasteiger partial charge in [-0.3, -0.25) is 0 Å². The van der Waals surface area contributed by atoms with E-state index in [-0.39, 0.29) is 12.6 Å². The minimum atomic E-state index is -1.40. The smallest absolute Gasteiger partial charge is 0.186 e. The first-order valence-corrected chi connectivity index (χ1v) is 5.33. The highest BCUT2D eigenvalue weighted by molar-refractivity contribution is 4.90. The van der Waals surface area contributed by atoms with E-state index in [1.165, 1.54) is 0 Å². The third-order valence-corrected chi connectivity index (χ3v) is 2.40. The third kappa shape index (κ3) is 3.53. The molecule has 5 atom stereocenters. The molecule has 8 heteroatoms. The standard InChI is InChI=1S/C9H17N3O5/c1-4(2)16-9-8(15)7(14)6(13)5(17-9)3-11-12-10/h4-9,13-15H,3H2,1-2H3/t5?,6-,7?,8?,9-/m1/s1. The van der Waals surface area contributed by atoms with Crippen molar-refractivity contribution in [1.29, 1.82) is 0 Å². The molecule has 0 spiro atoms. The molecule has 17 heavy (non-hydrogen) atoms. The van der Waals surface area contributed by atoms with Crippen LogP contribution < -0.4 is 0 Å². The Bertz CT molecular complexity index is 294. The van der Waals surface area contributed by atoms with Crippen LogP contribution in [0.15, 0.2) is 5.11 Å². The number of azide groups is 1. The van der Waals surface area contributed by atoms with Gasteiger partial charge < -0.3 is 24.8 Å². The lowest BCUT2D eigenvalue weighted by Gasteiger charge is -2.40. The van der Waals surface area contributed by atoms with E-state index in [0.29, 0.717) is 0 Å². The van der Waals surface area contributed by atoms with Crippen LogP contribution in [0.1, 0.15) is 13.8 Å². The lowest BCUT2D eigenvalue weighted by Crippen LogP contribution is -2.59. The van der Waals surface area contributed by atoms with E-state index >= 15 is 0 Å². The zero-order valence-electron chi connectivity index (χ0n) is 9.67. The Labute approximate surface area is 98.4 Å². The molecular weight excluding hydrogens is 230 g/mol. The van der Waals surface area contributed by atoms with Crippen molar-refractivity contribution in [1.82, 2.24) is 0 Å². The number of hydrogen-bond acceptors (Lipinski definition) is 6. The van der Waals surface area contributed by atoms with Gasteiger partial charge in [-0.15, -0.1) is 0 Å². The Kier molecular flexibility index (Phi) is 5.13. The van der Waals surface area contributed by atoms with Crippen molar-refractivity contribution < 1.29 is 24.8 Å². The summed E-state index contributed by atoms with van der Waals surface area (Å²) in [5.74, 6) is 0. The summed E-state index contributed by atoms with van der Waals surface area (Å²) < 4.78 is 10.5. The van der Waals surface area contributed by atoms with E-state index in [1.54, 1.807) is 13.8 Å². The normalized spacial score (nSPS) is 37.9. The molecule has 0 bridgehead atoms. The SMILES string of the molecule is CC(C)O[C@@H]1OC(CN=[N+]=[N-])[C@@H](O)C(O)C1O. The molecule has 1 heterocycles. The Morgan fingerprint density at radius 2 is 1.94 bits per heavy atom. The van der Waals surface area contributed by atoms with E-state index in [9.17, 15) is 15.3 Å². The van der Waals surface area contributed by atoms with Gasteiger partial charge in [-0.1, -0.05) is 5.11 Å². The van der Waals surface area contributed by atoms with Crippen LogP contribution in [-0.2, 0) is 9.47 Å². The summed E-state index contributed by atoms with van der Waals surface area (Å²) in [6.45, 7) is 3.35. The summed E-state index contributed by atoms with van der Waals surface area (Å²) in [6, 6.07) is 0. The van der Waals surface area contributed by atoms with Gasteiger partial charge in [0.1, 0.15) is 18.3 Å². The van der Waals surface area contributed by atoms with Gasteiger partial charge in [0.25, 0.3) is 0 Å². The second kappa shape index (κ2) is 6.15. The van der Waals surface area contributed by atoms with E-state index < -0.39 is 30.7 Å². The van der Waals surface area contributed by atoms with Gasteiger partial charge in [0.2, 0.25) is 0 Å². The first-order valence-electron chi connectivity index (χ1n) is 5.33. The second-order valence-corrected chi connectivity index (χ2v) is 4.11. The molecule has 0 aromatic carbocycles. The molecule has 0 aliphatic carbocycles. The number of nitrogens with zero attached hydrogens (tertiary/aromatic N) is 3. The van der Waals surface area contributed by atoms with Gasteiger partial charge in [0, 0.05) is 4.91 Å². The van der Waals surface area contributed by atoms with Gasteiger partial charge in [-0.05, 0) is 19.4 Å². The number of ether oxygens (including phenoxy) is 2. The van der Waals surface area contributed by atoms with E-state index in [0.717, 1.165) is 0 Å². The molecule has 0 amide bonds. The first-order chi connectivity index (χ1) is 7.97. The number of aliphatic hydroxyl groups is 3. The predicted molar refractivity (Wildman–Crippen MR) is 56.9 cm³/mol. The zero-order valence-corrected chi connectivity index (χ0v) is 9.67. The largest absolute Gasteiger partial charge is 0.388 e. The maximum absolute atomic E-state index is 9.64. The molecule has 1 rings (SSSR count). The van der Waals surface area contributed by atoms with Crippen LogP contribution in [0.2, 0.25) is 0 Å². The van der Waals surface area contributed by atoms with Crippen LogP contribution >= 0.6 is 0 Å². The van der Waals surface area contributed by atoms with Crippen LogP contribution in [0, 0.1) is 0 Å². The summed E-state index contributed by atoms with van der Waals surface area (Å²) in [6.07, 6.45) is -6.21. The molecule has 1 fully saturated rings. The van der Waals surface area contributed by atoms with Crippen LogP contribution in [0.3, 0.4) is 0 Å². The lowest BCUT2D eigenvalue weighted by atomic mass is 9.99. The highest BCUT2D eigenvalue weighted by Gasteiger charge is 2.44. The summed E-state index contributed by atoms with van der Waals surface area (Å²) in [4.78, 5) is 2.54. The van der Waals surface area contributed by atoms with Crippen LogP contribution in [0.4, 0.5) is 0 Å². The average molecular weight is 247 g/mol. The van der Waals surface area contributed by atoms with E-state index in [1.807, 2.05) is 0 Å². The molecule has 0 aromatic heterocycles. The van der Waals surface area contributed by atoms with E-state index in [2.05, 4.69) is 10.0 Å². The predicted octanol–water partition coefficient (Wildman–Crippen LogP) is -0.471. The zero-order chi connectivity index (χ0) is 13.0. The van der Waals surface area contributed by atoms with Crippen molar-refractivity contribution in [2.45, 2.75) is 50.7 Å². The fourth-order valence-electron chi connectivity index (χ4n) is 1.57. The molecule has 1 saturated heterocycles. The van der Waals surface area contributed by atoms with Crippen molar-refractivity contribution in [3.8, 4) is 0 Å². The minimum absolute atomic E-state index is 0.139. The van der Waals surface area contributed by atoms with Gasteiger partial charge in [-0.25, -0.2) is 0 Å². The average Bonchev–Trinajstić information content (AvgIpc) is 2.28. The van der Waals surface area contributed by atoms with Crippen molar-refractivity contribution in [3.63, 3.8) is 0 Å². The Hall–Kier alpha value is -0.890. The Morgan fingerprint density at radius 1 is 1.29 bits per heavy atom. The number of aliphatic hydroxyl groups excluding tert-OH is 3. The summed E-state index contributed by atoms with van der Waals surface area (Å²) >= 11 is 0. The number of rotatable bonds is 4. The highest BCUT2D eigenvalue weighted by atomic mass is 16.7. The summed E-state index contributed by atoms with van der Waals surface area (Å²) in [5.41, 5.74) is 8.19. The summed E-state index contributed by atoms with van der Waals surface area (Å²) in [5, 5.41) is 32.1. The quantitative estimate of drug-likeness (QED) is 0.351. The molecule has 0 radical (unpaired) electrons. The molecule has 1 aliphatic rings.